The van der Waals surface area contributed by atoms with Gasteiger partial charge in [0.05, 0.1) is 6.07 Å². The van der Waals surface area contributed by atoms with Crippen LogP contribution < -0.4 is 0 Å². The lowest BCUT2D eigenvalue weighted by atomic mass is 10.3. The maximum Gasteiger partial charge on any atom is 0.180 e. The Labute approximate surface area is 73.6 Å². The predicted molar refractivity (Wildman–Crippen MR) is 46.4 cm³/mol. The number of hydrogen-bond donors (Lipinski definition) is 0. The van der Waals surface area contributed by atoms with Gasteiger partial charge in [0.15, 0.2) is 6.29 Å². The zero-order valence-corrected chi connectivity index (χ0v) is 7.83. The van der Waals surface area contributed by atoms with Crippen molar-refractivity contribution in [1.29, 1.82) is 5.26 Å². The molecule has 68 valence electrons. The van der Waals surface area contributed by atoms with Gasteiger partial charge in [0, 0.05) is 19.3 Å². The van der Waals surface area contributed by atoms with Crippen molar-refractivity contribution >= 4 is 0 Å². The van der Waals surface area contributed by atoms with Gasteiger partial charge in [-0.1, -0.05) is 0 Å². The lowest BCUT2D eigenvalue weighted by molar-refractivity contribution is -0.111. The van der Waals surface area contributed by atoms with Crippen molar-refractivity contribution in [1.82, 2.24) is 0 Å². The molecule has 0 aromatic carbocycles. The highest BCUT2D eigenvalue weighted by Crippen LogP contribution is 2.07. The summed E-state index contributed by atoms with van der Waals surface area (Å²) in [6.45, 7) is 6.78. The highest BCUT2D eigenvalue weighted by Gasteiger charge is 2.08. The molecule has 0 saturated heterocycles. The first kappa shape index (κ1) is 11.2. The van der Waals surface area contributed by atoms with Crippen LogP contribution in [0.4, 0.5) is 0 Å². The average molecular weight is 169 g/mol. The number of rotatable bonds is 5. The minimum atomic E-state index is -0.361. The van der Waals surface area contributed by atoms with E-state index in [0.29, 0.717) is 13.2 Å². The molecule has 0 aliphatic heterocycles. The van der Waals surface area contributed by atoms with E-state index in [1.807, 2.05) is 26.8 Å². The Bertz CT molecular complexity index is 175. The van der Waals surface area contributed by atoms with Gasteiger partial charge in [-0.15, -0.1) is 0 Å². The fraction of sp³-hybridized carbons (Fsp3) is 0.667. The van der Waals surface area contributed by atoms with Gasteiger partial charge in [-0.3, -0.25) is 0 Å². The maximum absolute atomic E-state index is 8.38. The summed E-state index contributed by atoms with van der Waals surface area (Å²) >= 11 is 0. The Morgan fingerprint density at radius 3 is 2.25 bits per heavy atom. The normalized spacial score (nSPS) is 11.8. The fourth-order valence-electron chi connectivity index (χ4n) is 0.784. The number of nitriles is 1. The molecule has 0 rings (SSSR count). The van der Waals surface area contributed by atoms with Crippen molar-refractivity contribution in [2.45, 2.75) is 27.1 Å². The summed E-state index contributed by atoms with van der Waals surface area (Å²) in [5.41, 5.74) is 0.807. The van der Waals surface area contributed by atoms with E-state index in [4.69, 9.17) is 14.7 Å². The van der Waals surface area contributed by atoms with Gasteiger partial charge >= 0.3 is 0 Å². The first-order chi connectivity index (χ1) is 5.76. The summed E-state index contributed by atoms with van der Waals surface area (Å²) in [4.78, 5) is 0. The molecule has 0 saturated carbocycles. The standard InChI is InChI=1S/C9H15NO2/c1-4-11-9(12-5-2)8(3)6-7-10/h6,9H,4-5H2,1-3H3/b8-6-. The number of ether oxygens (including phenoxy) is 2. The molecule has 0 aromatic heterocycles. The van der Waals surface area contributed by atoms with Gasteiger partial charge in [-0.05, 0) is 26.3 Å². The molecule has 0 fully saturated rings. The van der Waals surface area contributed by atoms with Crippen LogP contribution in [0.2, 0.25) is 0 Å². The Balaban J connectivity index is 4.10. The zero-order valence-electron chi connectivity index (χ0n) is 7.83. The Morgan fingerprint density at radius 2 is 1.92 bits per heavy atom. The highest BCUT2D eigenvalue weighted by molar-refractivity contribution is 5.13. The molecule has 0 heterocycles. The van der Waals surface area contributed by atoms with Crippen molar-refractivity contribution in [2.75, 3.05) is 13.2 Å². The summed E-state index contributed by atoms with van der Waals surface area (Å²) in [7, 11) is 0. The Morgan fingerprint density at radius 1 is 1.42 bits per heavy atom. The second-order valence-corrected chi connectivity index (χ2v) is 2.26. The molecule has 0 aliphatic carbocycles. The maximum atomic E-state index is 8.38. The molecule has 0 amide bonds. The van der Waals surface area contributed by atoms with E-state index in [1.54, 1.807) is 0 Å². The summed E-state index contributed by atoms with van der Waals surface area (Å²) in [5.74, 6) is 0. The molecule has 0 N–H and O–H groups in total. The van der Waals surface area contributed by atoms with E-state index in [-0.39, 0.29) is 6.29 Å². The van der Waals surface area contributed by atoms with Gasteiger partial charge in [0.25, 0.3) is 0 Å². The van der Waals surface area contributed by atoms with Gasteiger partial charge in [-0.25, -0.2) is 0 Å². The van der Waals surface area contributed by atoms with Crippen LogP contribution in [-0.4, -0.2) is 19.5 Å². The van der Waals surface area contributed by atoms with Crippen LogP contribution in [0, 0.1) is 11.3 Å². The summed E-state index contributed by atoms with van der Waals surface area (Å²) in [6, 6.07) is 1.94. The Kier molecular flexibility index (Phi) is 6.35. The molecule has 0 atom stereocenters. The minimum absolute atomic E-state index is 0.361. The van der Waals surface area contributed by atoms with Crippen molar-refractivity contribution in [3.63, 3.8) is 0 Å². The van der Waals surface area contributed by atoms with E-state index in [0.717, 1.165) is 5.57 Å². The molecule has 12 heavy (non-hydrogen) atoms. The molecule has 0 unspecified atom stereocenters. The minimum Gasteiger partial charge on any atom is -0.349 e. The molecule has 3 heteroatoms. The third kappa shape index (κ3) is 4.12. The number of allylic oxidation sites excluding steroid dienone is 1. The smallest absolute Gasteiger partial charge is 0.180 e. The first-order valence-electron chi connectivity index (χ1n) is 4.05. The average Bonchev–Trinajstić information content (AvgIpc) is 2.04. The van der Waals surface area contributed by atoms with E-state index in [2.05, 4.69) is 0 Å². The summed E-state index contributed by atoms with van der Waals surface area (Å²) in [5, 5.41) is 8.38. The molecular weight excluding hydrogens is 154 g/mol. The lowest BCUT2D eigenvalue weighted by Gasteiger charge is -2.16. The SMILES string of the molecule is CCOC(OCC)/C(C)=C\C#N. The number of nitrogens with zero attached hydrogens (tertiary/aromatic N) is 1. The molecule has 0 bridgehead atoms. The van der Waals surface area contributed by atoms with Crippen LogP contribution >= 0.6 is 0 Å². The first-order valence-corrected chi connectivity index (χ1v) is 4.05. The van der Waals surface area contributed by atoms with E-state index in [1.165, 1.54) is 6.08 Å². The van der Waals surface area contributed by atoms with Gasteiger partial charge in [-0.2, -0.15) is 5.26 Å². The van der Waals surface area contributed by atoms with Crippen LogP contribution in [-0.2, 0) is 9.47 Å². The predicted octanol–water partition coefficient (Wildman–Crippen LogP) is 1.86. The second-order valence-electron chi connectivity index (χ2n) is 2.26. The van der Waals surface area contributed by atoms with Gasteiger partial charge in [0.1, 0.15) is 0 Å². The molecule has 3 nitrogen and oxygen atoms in total. The molecule has 0 aromatic rings. The van der Waals surface area contributed by atoms with Crippen LogP contribution in [0.5, 0.6) is 0 Å². The van der Waals surface area contributed by atoms with Gasteiger partial charge < -0.3 is 9.47 Å². The lowest BCUT2D eigenvalue weighted by Crippen LogP contribution is -2.18. The number of hydrogen-bond acceptors (Lipinski definition) is 3. The van der Waals surface area contributed by atoms with E-state index >= 15 is 0 Å². The van der Waals surface area contributed by atoms with Crippen molar-refractivity contribution < 1.29 is 9.47 Å². The third-order valence-corrected chi connectivity index (χ3v) is 1.30. The highest BCUT2D eigenvalue weighted by atomic mass is 16.7. The zero-order chi connectivity index (χ0) is 9.40. The third-order valence-electron chi connectivity index (χ3n) is 1.30. The Hall–Kier alpha value is -0.850. The summed E-state index contributed by atoms with van der Waals surface area (Å²) < 4.78 is 10.5. The monoisotopic (exact) mass is 169 g/mol. The largest absolute Gasteiger partial charge is 0.349 e. The molecule has 0 radical (unpaired) electrons. The topological polar surface area (TPSA) is 42.2 Å². The molecule has 0 spiro atoms. The van der Waals surface area contributed by atoms with Crippen molar-refractivity contribution in [3.8, 4) is 6.07 Å². The van der Waals surface area contributed by atoms with Crippen LogP contribution in [0.3, 0.4) is 0 Å². The van der Waals surface area contributed by atoms with E-state index in [9.17, 15) is 0 Å². The quantitative estimate of drug-likeness (QED) is 0.466. The van der Waals surface area contributed by atoms with Crippen LogP contribution in [0.25, 0.3) is 0 Å². The van der Waals surface area contributed by atoms with Crippen molar-refractivity contribution in [3.05, 3.63) is 11.6 Å². The van der Waals surface area contributed by atoms with Gasteiger partial charge in [0.2, 0.25) is 0 Å². The van der Waals surface area contributed by atoms with Crippen molar-refractivity contribution in [2.24, 2.45) is 0 Å². The van der Waals surface area contributed by atoms with E-state index < -0.39 is 0 Å². The fourth-order valence-corrected chi connectivity index (χ4v) is 0.784. The molecular formula is C9H15NO2. The van der Waals surface area contributed by atoms with Crippen LogP contribution in [0.15, 0.2) is 11.6 Å². The molecule has 0 aliphatic rings. The second kappa shape index (κ2) is 6.84. The summed E-state index contributed by atoms with van der Waals surface area (Å²) in [6.07, 6.45) is 1.08. The van der Waals surface area contributed by atoms with Crippen LogP contribution in [0.1, 0.15) is 20.8 Å².